The Morgan fingerprint density at radius 1 is 1.36 bits per heavy atom. The number of nitrogens with zero attached hydrogens (tertiary/aromatic N) is 1. The van der Waals surface area contributed by atoms with E-state index in [0.717, 1.165) is 38.2 Å². The summed E-state index contributed by atoms with van der Waals surface area (Å²) in [4.78, 5) is 14.6. The summed E-state index contributed by atoms with van der Waals surface area (Å²) in [5, 5.41) is 3.16. The molecule has 22 heavy (non-hydrogen) atoms. The third-order valence-corrected chi connectivity index (χ3v) is 4.39. The highest BCUT2D eigenvalue weighted by atomic mass is 16.5. The van der Waals surface area contributed by atoms with Crippen LogP contribution in [0.5, 0.6) is 0 Å². The molecule has 1 saturated heterocycles. The second-order valence-electron chi connectivity index (χ2n) is 6.01. The van der Waals surface area contributed by atoms with Crippen molar-refractivity contribution in [1.82, 2.24) is 4.90 Å². The minimum Gasteiger partial charge on any atom is -0.388 e. The summed E-state index contributed by atoms with van der Waals surface area (Å²) in [6, 6.07) is 6.67. The fraction of sp³-hybridized carbons (Fsp3) is 0.611. The van der Waals surface area contributed by atoms with Crippen molar-refractivity contribution < 1.29 is 9.53 Å². The largest absolute Gasteiger partial charge is 0.388 e. The minimum absolute atomic E-state index is 0.270. The fourth-order valence-electron chi connectivity index (χ4n) is 2.99. The maximum atomic E-state index is 12.6. The lowest BCUT2D eigenvalue weighted by Gasteiger charge is -2.35. The standard InChI is InChI=1S/C18H28N2O2/c1-4-5-18(21)20(17-8-10-22-11-9-17)13-15-6-7-16(19-3)12-14(15)2/h6-7,12,17,19H,4-5,8-11,13H2,1-3H3. The van der Waals surface area contributed by atoms with Crippen molar-refractivity contribution in [1.29, 1.82) is 0 Å². The number of amides is 1. The Balaban J connectivity index is 2.16. The zero-order valence-corrected chi connectivity index (χ0v) is 14.0. The molecule has 1 N–H and O–H groups in total. The van der Waals surface area contributed by atoms with Crippen LogP contribution in [-0.2, 0) is 16.1 Å². The Kier molecular flexibility index (Phi) is 6.25. The van der Waals surface area contributed by atoms with Crippen LogP contribution in [0.3, 0.4) is 0 Å². The number of aryl methyl sites for hydroxylation is 1. The number of benzene rings is 1. The summed E-state index contributed by atoms with van der Waals surface area (Å²) in [7, 11) is 1.92. The van der Waals surface area contributed by atoms with Gasteiger partial charge in [-0.25, -0.2) is 0 Å². The highest BCUT2D eigenvalue weighted by Gasteiger charge is 2.25. The van der Waals surface area contributed by atoms with E-state index in [-0.39, 0.29) is 5.91 Å². The van der Waals surface area contributed by atoms with Crippen LogP contribution in [0.1, 0.15) is 43.7 Å². The third-order valence-electron chi connectivity index (χ3n) is 4.39. The van der Waals surface area contributed by atoms with Crippen LogP contribution in [0, 0.1) is 6.92 Å². The van der Waals surface area contributed by atoms with Gasteiger partial charge in [0.2, 0.25) is 5.91 Å². The lowest BCUT2D eigenvalue weighted by molar-refractivity contribution is -0.136. The summed E-state index contributed by atoms with van der Waals surface area (Å²) in [6.07, 6.45) is 3.42. The van der Waals surface area contributed by atoms with Gasteiger partial charge in [-0.15, -0.1) is 0 Å². The Bertz CT molecular complexity index is 496. The Morgan fingerprint density at radius 3 is 2.68 bits per heavy atom. The quantitative estimate of drug-likeness (QED) is 0.876. The molecule has 1 heterocycles. The molecule has 1 fully saturated rings. The van der Waals surface area contributed by atoms with Crippen LogP contribution in [0.4, 0.5) is 5.69 Å². The van der Waals surface area contributed by atoms with Gasteiger partial charge >= 0.3 is 0 Å². The fourth-order valence-corrected chi connectivity index (χ4v) is 2.99. The number of ether oxygens (including phenoxy) is 1. The Labute approximate surface area is 133 Å². The van der Waals surface area contributed by atoms with Crippen molar-refractivity contribution in [3.63, 3.8) is 0 Å². The predicted octanol–water partition coefficient (Wildman–Crippen LogP) is 3.34. The normalized spacial score (nSPS) is 15.6. The van der Waals surface area contributed by atoms with Crippen molar-refractivity contribution in [2.45, 2.75) is 52.1 Å². The molecule has 1 aliphatic heterocycles. The first-order valence-electron chi connectivity index (χ1n) is 8.30. The zero-order valence-electron chi connectivity index (χ0n) is 14.0. The van der Waals surface area contributed by atoms with E-state index < -0.39 is 0 Å². The molecule has 0 radical (unpaired) electrons. The van der Waals surface area contributed by atoms with Gasteiger partial charge in [-0.3, -0.25) is 4.79 Å². The van der Waals surface area contributed by atoms with Crippen LogP contribution in [0.15, 0.2) is 18.2 Å². The summed E-state index contributed by atoms with van der Waals surface area (Å²) >= 11 is 0. The molecule has 0 aromatic heterocycles. The molecule has 0 aliphatic carbocycles. The highest BCUT2D eigenvalue weighted by molar-refractivity contribution is 5.76. The van der Waals surface area contributed by atoms with Crippen molar-refractivity contribution in [2.24, 2.45) is 0 Å². The molecule has 0 unspecified atom stereocenters. The summed E-state index contributed by atoms with van der Waals surface area (Å²) in [6.45, 7) is 6.41. The van der Waals surface area contributed by atoms with Gasteiger partial charge in [0, 0.05) is 45.0 Å². The van der Waals surface area contributed by atoms with Crippen molar-refractivity contribution in [3.05, 3.63) is 29.3 Å². The smallest absolute Gasteiger partial charge is 0.223 e. The summed E-state index contributed by atoms with van der Waals surface area (Å²) in [5.41, 5.74) is 3.57. The molecule has 122 valence electrons. The second kappa shape index (κ2) is 8.18. The van der Waals surface area contributed by atoms with Crippen molar-refractivity contribution in [3.8, 4) is 0 Å². The molecule has 1 amide bonds. The zero-order chi connectivity index (χ0) is 15.9. The van der Waals surface area contributed by atoms with Gasteiger partial charge in [0.15, 0.2) is 0 Å². The van der Waals surface area contributed by atoms with E-state index in [2.05, 4.69) is 42.3 Å². The SMILES string of the molecule is CCCC(=O)N(Cc1ccc(NC)cc1C)C1CCOCC1. The molecule has 4 nitrogen and oxygen atoms in total. The average Bonchev–Trinajstić information content (AvgIpc) is 2.54. The van der Waals surface area contributed by atoms with Gasteiger partial charge in [-0.05, 0) is 49.4 Å². The number of carbonyl (C=O) groups excluding carboxylic acids is 1. The molecule has 1 aliphatic rings. The van der Waals surface area contributed by atoms with Gasteiger partial charge in [-0.1, -0.05) is 13.0 Å². The average molecular weight is 304 g/mol. The number of anilines is 1. The molecular formula is C18H28N2O2. The molecule has 4 heteroatoms. The molecule has 0 bridgehead atoms. The third kappa shape index (κ3) is 4.23. The van der Waals surface area contributed by atoms with Gasteiger partial charge in [-0.2, -0.15) is 0 Å². The van der Waals surface area contributed by atoms with E-state index >= 15 is 0 Å². The monoisotopic (exact) mass is 304 g/mol. The van der Waals surface area contributed by atoms with Crippen LogP contribution in [0.2, 0.25) is 0 Å². The molecule has 2 rings (SSSR count). The minimum atomic E-state index is 0.270. The second-order valence-corrected chi connectivity index (χ2v) is 6.01. The first kappa shape index (κ1) is 16.8. The van der Waals surface area contributed by atoms with E-state index in [1.54, 1.807) is 0 Å². The predicted molar refractivity (Wildman–Crippen MR) is 90.0 cm³/mol. The van der Waals surface area contributed by atoms with Gasteiger partial charge in [0.05, 0.1) is 0 Å². The molecular weight excluding hydrogens is 276 g/mol. The van der Waals surface area contributed by atoms with E-state index in [4.69, 9.17) is 4.74 Å². The number of hydrogen-bond donors (Lipinski definition) is 1. The Hall–Kier alpha value is -1.55. The number of carbonyl (C=O) groups is 1. The molecule has 1 aromatic rings. The first-order chi connectivity index (χ1) is 10.7. The van der Waals surface area contributed by atoms with E-state index in [9.17, 15) is 4.79 Å². The summed E-state index contributed by atoms with van der Waals surface area (Å²) in [5.74, 6) is 0.270. The maximum Gasteiger partial charge on any atom is 0.223 e. The van der Waals surface area contributed by atoms with E-state index in [1.165, 1.54) is 11.1 Å². The summed E-state index contributed by atoms with van der Waals surface area (Å²) < 4.78 is 5.45. The van der Waals surface area contributed by atoms with Crippen molar-refractivity contribution >= 4 is 11.6 Å². The van der Waals surface area contributed by atoms with Crippen LogP contribution in [-0.4, -0.2) is 37.1 Å². The lowest BCUT2D eigenvalue weighted by Crippen LogP contribution is -2.43. The molecule has 0 spiro atoms. The number of rotatable bonds is 6. The first-order valence-corrected chi connectivity index (χ1v) is 8.30. The van der Waals surface area contributed by atoms with Gasteiger partial charge in [0.1, 0.15) is 0 Å². The van der Waals surface area contributed by atoms with Crippen LogP contribution in [0.25, 0.3) is 0 Å². The van der Waals surface area contributed by atoms with Crippen molar-refractivity contribution in [2.75, 3.05) is 25.6 Å². The highest BCUT2D eigenvalue weighted by Crippen LogP contribution is 2.22. The Morgan fingerprint density at radius 2 is 2.09 bits per heavy atom. The molecule has 0 saturated carbocycles. The topological polar surface area (TPSA) is 41.6 Å². The van der Waals surface area contributed by atoms with E-state index in [0.29, 0.717) is 19.0 Å². The molecule has 1 aromatic carbocycles. The van der Waals surface area contributed by atoms with Crippen LogP contribution >= 0.6 is 0 Å². The van der Waals surface area contributed by atoms with Crippen LogP contribution < -0.4 is 5.32 Å². The van der Waals surface area contributed by atoms with Gasteiger partial charge < -0.3 is 15.0 Å². The lowest BCUT2D eigenvalue weighted by atomic mass is 10.0. The number of nitrogens with one attached hydrogen (secondary N) is 1. The maximum absolute atomic E-state index is 12.6. The molecule has 0 atom stereocenters. The van der Waals surface area contributed by atoms with E-state index in [1.807, 2.05) is 7.05 Å². The number of hydrogen-bond acceptors (Lipinski definition) is 3. The van der Waals surface area contributed by atoms with Gasteiger partial charge in [0.25, 0.3) is 0 Å².